The number of aromatic nitrogens is 2. The first-order valence-electron chi connectivity index (χ1n) is 9.66. The lowest BCUT2D eigenvalue weighted by atomic mass is 9.98. The van der Waals surface area contributed by atoms with E-state index < -0.39 is 11.5 Å². The summed E-state index contributed by atoms with van der Waals surface area (Å²) in [7, 11) is 0. The molecular weight excluding hydrogens is 428 g/mol. The molecule has 1 fully saturated rings. The van der Waals surface area contributed by atoms with Crippen molar-refractivity contribution in [3.63, 3.8) is 0 Å². The van der Waals surface area contributed by atoms with Crippen molar-refractivity contribution < 1.29 is 14.7 Å². The quantitative estimate of drug-likeness (QED) is 0.637. The Morgan fingerprint density at radius 2 is 2.17 bits per heavy atom. The van der Waals surface area contributed by atoms with Crippen LogP contribution in [0.15, 0.2) is 18.5 Å². The van der Waals surface area contributed by atoms with Crippen molar-refractivity contribution in [1.29, 1.82) is 0 Å². The van der Waals surface area contributed by atoms with Crippen LogP contribution < -0.4 is 16.0 Å². The minimum absolute atomic E-state index is 0.101. The number of nitrogens with one attached hydrogen (secondary N) is 1. The standard InChI is InChI=1S/C19H23ClN6O3S/c1-10-7-25(16-14-11(2)17(27)24-15(14)22-9-23-16)5-6-26(10)18(28)19(29,8-21)12-3-4-13(20)30-12/h3-4,9-11,29H,5-8,21H2,1-2H3,(H,22,23,24,27)/t10-,11?,19+/m1/s1. The van der Waals surface area contributed by atoms with Gasteiger partial charge in [-0.3, -0.25) is 9.59 Å². The van der Waals surface area contributed by atoms with Gasteiger partial charge in [0.15, 0.2) is 5.60 Å². The Kier molecular flexibility index (Phi) is 5.43. The maximum atomic E-state index is 13.3. The van der Waals surface area contributed by atoms with E-state index in [2.05, 4.69) is 20.2 Å². The Hall–Kier alpha value is -2.27. The third kappa shape index (κ3) is 3.33. The van der Waals surface area contributed by atoms with Crippen LogP contribution in [-0.2, 0) is 15.2 Å². The van der Waals surface area contributed by atoms with Crippen LogP contribution in [-0.4, -0.2) is 64.0 Å². The number of amides is 2. The number of nitrogens with zero attached hydrogens (tertiary/aromatic N) is 4. The molecule has 0 aliphatic carbocycles. The average molecular weight is 451 g/mol. The molecule has 2 aliphatic rings. The highest BCUT2D eigenvalue weighted by molar-refractivity contribution is 7.16. The SMILES string of the molecule is CC1C(=O)Nc2ncnc(N3CCN(C(=O)[C@](O)(CN)c4ccc(Cl)s4)[C@H](C)C3)c21. The monoisotopic (exact) mass is 450 g/mol. The van der Waals surface area contributed by atoms with E-state index in [0.717, 1.165) is 16.9 Å². The van der Waals surface area contributed by atoms with Crippen LogP contribution in [0.2, 0.25) is 4.34 Å². The van der Waals surface area contributed by atoms with Gasteiger partial charge >= 0.3 is 0 Å². The molecule has 0 saturated carbocycles. The van der Waals surface area contributed by atoms with Crippen LogP contribution in [0.4, 0.5) is 11.6 Å². The van der Waals surface area contributed by atoms with Gasteiger partial charge in [-0.15, -0.1) is 11.3 Å². The van der Waals surface area contributed by atoms with Crippen LogP contribution in [0.5, 0.6) is 0 Å². The third-order valence-electron chi connectivity index (χ3n) is 5.75. The van der Waals surface area contributed by atoms with Crippen LogP contribution in [0.1, 0.15) is 30.2 Å². The van der Waals surface area contributed by atoms with Gasteiger partial charge < -0.3 is 26.0 Å². The number of aliphatic hydroxyl groups is 1. The molecule has 4 heterocycles. The Balaban J connectivity index is 1.55. The number of anilines is 2. The molecule has 1 unspecified atom stereocenters. The number of fused-ring (bicyclic) bond motifs is 1. The number of carbonyl (C=O) groups is 2. The van der Waals surface area contributed by atoms with Crippen LogP contribution in [0.25, 0.3) is 0 Å². The Bertz CT molecular complexity index is 1000. The molecule has 0 radical (unpaired) electrons. The minimum Gasteiger partial charge on any atom is -0.374 e. The second-order valence-electron chi connectivity index (χ2n) is 7.63. The topological polar surface area (TPSA) is 125 Å². The lowest BCUT2D eigenvalue weighted by molar-refractivity contribution is -0.153. The minimum atomic E-state index is -1.81. The van der Waals surface area contributed by atoms with Gasteiger partial charge in [0.25, 0.3) is 5.91 Å². The van der Waals surface area contributed by atoms with E-state index in [4.69, 9.17) is 17.3 Å². The molecule has 2 aliphatic heterocycles. The lowest BCUT2D eigenvalue weighted by Gasteiger charge is -2.43. The van der Waals surface area contributed by atoms with E-state index in [1.807, 2.05) is 13.8 Å². The Morgan fingerprint density at radius 1 is 1.40 bits per heavy atom. The van der Waals surface area contributed by atoms with E-state index >= 15 is 0 Å². The molecule has 4 rings (SSSR count). The molecule has 11 heteroatoms. The molecule has 2 aromatic rings. The lowest BCUT2D eigenvalue weighted by Crippen LogP contribution is -2.60. The zero-order valence-corrected chi connectivity index (χ0v) is 18.2. The molecule has 2 amide bonds. The summed E-state index contributed by atoms with van der Waals surface area (Å²) in [5, 5.41) is 13.8. The van der Waals surface area contributed by atoms with E-state index in [9.17, 15) is 14.7 Å². The van der Waals surface area contributed by atoms with E-state index in [1.165, 1.54) is 6.33 Å². The summed E-state index contributed by atoms with van der Waals surface area (Å²) in [6.07, 6.45) is 1.43. The molecule has 2 aromatic heterocycles. The van der Waals surface area contributed by atoms with Crippen LogP contribution >= 0.6 is 22.9 Å². The predicted octanol–water partition coefficient (Wildman–Crippen LogP) is 1.13. The summed E-state index contributed by atoms with van der Waals surface area (Å²) < 4.78 is 0.484. The smallest absolute Gasteiger partial charge is 0.261 e. The summed E-state index contributed by atoms with van der Waals surface area (Å²) in [6, 6.07) is 3.07. The van der Waals surface area contributed by atoms with E-state index in [0.29, 0.717) is 40.5 Å². The molecule has 9 nitrogen and oxygen atoms in total. The second-order valence-corrected chi connectivity index (χ2v) is 9.35. The molecular formula is C19H23ClN6O3S. The van der Waals surface area contributed by atoms with Crippen LogP contribution in [0.3, 0.4) is 0 Å². The highest BCUT2D eigenvalue weighted by Gasteiger charge is 2.44. The highest BCUT2D eigenvalue weighted by Crippen LogP contribution is 2.38. The fraction of sp³-hybridized carbons (Fsp3) is 0.474. The maximum Gasteiger partial charge on any atom is 0.261 e. The van der Waals surface area contributed by atoms with Crippen molar-refractivity contribution >= 4 is 46.4 Å². The first-order chi connectivity index (χ1) is 14.3. The van der Waals surface area contributed by atoms with Crippen molar-refractivity contribution in [3.05, 3.63) is 33.2 Å². The van der Waals surface area contributed by atoms with Gasteiger partial charge in [0.2, 0.25) is 5.91 Å². The molecule has 0 bridgehead atoms. The summed E-state index contributed by atoms with van der Waals surface area (Å²) in [5.41, 5.74) is 4.78. The van der Waals surface area contributed by atoms with Gasteiger partial charge in [-0.25, -0.2) is 9.97 Å². The van der Waals surface area contributed by atoms with E-state index in [-0.39, 0.29) is 24.4 Å². The first kappa shape index (κ1) is 21.0. The zero-order chi connectivity index (χ0) is 21.6. The van der Waals surface area contributed by atoms with Gasteiger partial charge in [0.1, 0.15) is 18.0 Å². The summed E-state index contributed by atoms with van der Waals surface area (Å²) in [5.74, 6) is 0.363. The third-order valence-corrected chi connectivity index (χ3v) is 7.13. The molecule has 0 aromatic carbocycles. The number of rotatable bonds is 4. The van der Waals surface area contributed by atoms with Crippen molar-refractivity contribution in [3.8, 4) is 0 Å². The number of hydrogen-bond acceptors (Lipinski definition) is 8. The second kappa shape index (κ2) is 7.77. The van der Waals surface area contributed by atoms with Crippen molar-refractivity contribution in [1.82, 2.24) is 14.9 Å². The number of halogens is 1. The fourth-order valence-electron chi connectivity index (χ4n) is 4.01. The van der Waals surface area contributed by atoms with Gasteiger partial charge in [-0.05, 0) is 26.0 Å². The van der Waals surface area contributed by atoms with Crippen molar-refractivity contribution in [2.45, 2.75) is 31.4 Å². The summed E-state index contributed by atoms with van der Waals surface area (Å²) in [4.78, 5) is 38.0. The number of piperazine rings is 1. The highest BCUT2D eigenvalue weighted by atomic mass is 35.5. The Labute approximate surface area is 182 Å². The number of thiophene rings is 1. The zero-order valence-electron chi connectivity index (χ0n) is 16.6. The van der Waals surface area contributed by atoms with Gasteiger partial charge in [-0.2, -0.15) is 0 Å². The molecule has 3 atom stereocenters. The molecule has 1 saturated heterocycles. The molecule has 30 heavy (non-hydrogen) atoms. The van der Waals surface area contributed by atoms with E-state index in [1.54, 1.807) is 17.0 Å². The van der Waals surface area contributed by atoms with Gasteiger partial charge in [0.05, 0.1) is 10.3 Å². The van der Waals surface area contributed by atoms with Crippen LogP contribution in [0, 0.1) is 0 Å². The number of hydrogen-bond donors (Lipinski definition) is 3. The molecule has 0 spiro atoms. The predicted molar refractivity (Wildman–Crippen MR) is 115 cm³/mol. The average Bonchev–Trinajstić information content (AvgIpc) is 3.30. The van der Waals surface area contributed by atoms with Crippen molar-refractivity contribution in [2.24, 2.45) is 5.73 Å². The Morgan fingerprint density at radius 3 is 2.80 bits per heavy atom. The molecule has 4 N–H and O–H groups in total. The molecule has 160 valence electrons. The maximum absolute atomic E-state index is 13.3. The van der Waals surface area contributed by atoms with Crippen molar-refractivity contribution in [2.75, 3.05) is 36.4 Å². The summed E-state index contributed by atoms with van der Waals surface area (Å²) >= 11 is 7.14. The van der Waals surface area contributed by atoms with Gasteiger partial charge in [0, 0.05) is 42.7 Å². The number of nitrogens with two attached hydrogens (primary N) is 1. The fourth-order valence-corrected chi connectivity index (χ4v) is 5.15. The first-order valence-corrected chi connectivity index (χ1v) is 10.9. The summed E-state index contributed by atoms with van der Waals surface area (Å²) in [6.45, 7) is 4.89. The largest absolute Gasteiger partial charge is 0.374 e. The normalized spacial score (nSPS) is 23.2. The van der Waals surface area contributed by atoms with Gasteiger partial charge in [-0.1, -0.05) is 11.6 Å². The number of carbonyl (C=O) groups excluding carboxylic acids is 2.